The Kier molecular flexibility index (Phi) is 5.53. The van der Waals surface area contributed by atoms with Gasteiger partial charge in [0.1, 0.15) is 0 Å². The van der Waals surface area contributed by atoms with Gasteiger partial charge in [0.15, 0.2) is 0 Å². The molecule has 118 valence electrons. The third-order valence-corrected chi connectivity index (χ3v) is 5.57. The molecule has 0 unspecified atom stereocenters. The molecule has 0 bridgehead atoms. The lowest BCUT2D eigenvalue weighted by Gasteiger charge is -2.44. The van der Waals surface area contributed by atoms with Crippen molar-refractivity contribution < 1.29 is 0 Å². The normalized spacial score (nSPS) is 26.2. The Bertz CT molecular complexity index is 290. The lowest BCUT2D eigenvalue weighted by molar-refractivity contribution is 0.0649. The van der Waals surface area contributed by atoms with E-state index in [0.717, 1.165) is 5.92 Å². The molecule has 0 aromatic heterocycles. The highest BCUT2D eigenvalue weighted by atomic mass is 15.2. The average molecular weight is 280 g/mol. The van der Waals surface area contributed by atoms with Gasteiger partial charge in [0.25, 0.3) is 0 Å². The summed E-state index contributed by atoms with van der Waals surface area (Å²) in [6, 6.07) is 0. The molecule has 1 aliphatic carbocycles. The van der Waals surface area contributed by atoms with Gasteiger partial charge in [-0.1, -0.05) is 33.1 Å². The summed E-state index contributed by atoms with van der Waals surface area (Å²) in [5.74, 6) is 0.763. The number of likely N-dealkylation sites (tertiary alicyclic amines) is 1. The van der Waals surface area contributed by atoms with Crippen molar-refractivity contribution in [1.82, 2.24) is 10.2 Å². The highest BCUT2D eigenvalue weighted by Crippen LogP contribution is 2.40. The number of rotatable bonds is 6. The van der Waals surface area contributed by atoms with Crippen molar-refractivity contribution in [2.45, 2.75) is 78.2 Å². The van der Waals surface area contributed by atoms with E-state index in [2.05, 4.69) is 37.9 Å². The Labute approximate surface area is 126 Å². The van der Waals surface area contributed by atoms with Gasteiger partial charge in [-0.3, -0.25) is 4.90 Å². The maximum Gasteiger partial charge on any atom is 0.0153 e. The van der Waals surface area contributed by atoms with Gasteiger partial charge >= 0.3 is 0 Å². The first-order valence-electron chi connectivity index (χ1n) is 8.89. The van der Waals surface area contributed by atoms with Gasteiger partial charge in [-0.05, 0) is 64.0 Å². The van der Waals surface area contributed by atoms with E-state index in [-0.39, 0.29) is 0 Å². The molecule has 2 heteroatoms. The topological polar surface area (TPSA) is 15.3 Å². The fourth-order valence-corrected chi connectivity index (χ4v) is 4.18. The zero-order valence-corrected chi connectivity index (χ0v) is 14.3. The van der Waals surface area contributed by atoms with E-state index in [1.807, 2.05) is 0 Å². The lowest BCUT2D eigenvalue weighted by Crippen LogP contribution is -2.50. The Hall–Kier alpha value is -0.0800. The van der Waals surface area contributed by atoms with Crippen LogP contribution in [-0.2, 0) is 0 Å². The number of nitrogens with one attached hydrogen (secondary N) is 1. The predicted molar refractivity (Wildman–Crippen MR) is 88.1 cm³/mol. The summed E-state index contributed by atoms with van der Waals surface area (Å²) >= 11 is 0. The van der Waals surface area contributed by atoms with Crippen LogP contribution in [0.4, 0.5) is 0 Å². The molecule has 1 saturated carbocycles. The third kappa shape index (κ3) is 4.21. The predicted octanol–water partition coefficient (Wildman–Crippen LogP) is 4.06. The van der Waals surface area contributed by atoms with Gasteiger partial charge in [-0.25, -0.2) is 0 Å². The molecule has 0 amide bonds. The summed E-state index contributed by atoms with van der Waals surface area (Å²) in [4.78, 5) is 2.79. The second-order valence-corrected chi connectivity index (χ2v) is 8.42. The molecule has 1 saturated heterocycles. The quantitative estimate of drug-likeness (QED) is 0.789. The van der Waals surface area contributed by atoms with Crippen LogP contribution in [-0.4, -0.2) is 36.6 Å². The molecule has 2 nitrogen and oxygen atoms in total. The van der Waals surface area contributed by atoms with E-state index < -0.39 is 0 Å². The minimum atomic E-state index is 0.433. The molecule has 0 aromatic rings. The largest absolute Gasteiger partial charge is 0.316 e. The fourth-order valence-electron chi connectivity index (χ4n) is 4.18. The zero-order valence-electron chi connectivity index (χ0n) is 14.3. The number of nitrogens with zero attached hydrogens (tertiary/aromatic N) is 1. The standard InChI is InChI=1S/C18H36N2/c1-16(2)13-19-14-18(10-6-5-7-11-18)15-20-12-8-9-17(20,3)4/h16,19H,5-15H2,1-4H3. The van der Waals surface area contributed by atoms with Crippen LogP contribution >= 0.6 is 0 Å². The van der Waals surface area contributed by atoms with Crippen LogP contribution in [0.15, 0.2) is 0 Å². The molecule has 0 spiro atoms. The third-order valence-electron chi connectivity index (χ3n) is 5.57. The highest BCUT2D eigenvalue weighted by Gasteiger charge is 2.39. The van der Waals surface area contributed by atoms with Crippen molar-refractivity contribution in [1.29, 1.82) is 0 Å². The van der Waals surface area contributed by atoms with Crippen molar-refractivity contribution in [3.63, 3.8) is 0 Å². The minimum absolute atomic E-state index is 0.433. The van der Waals surface area contributed by atoms with Crippen LogP contribution in [0.25, 0.3) is 0 Å². The molecule has 1 heterocycles. The molecule has 2 aliphatic rings. The Balaban J connectivity index is 1.95. The van der Waals surface area contributed by atoms with Crippen LogP contribution in [0.1, 0.15) is 72.6 Å². The molecule has 0 atom stereocenters. The van der Waals surface area contributed by atoms with Crippen LogP contribution < -0.4 is 5.32 Å². The van der Waals surface area contributed by atoms with Crippen molar-refractivity contribution in [3.8, 4) is 0 Å². The molecule has 1 N–H and O–H groups in total. The van der Waals surface area contributed by atoms with Gasteiger partial charge in [0.2, 0.25) is 0 Å². The van der Waals surface area contributed by atoms with E-state index in [1.54, 1.807) is 0 Å². The monoisotopic (exact) mass is 280 g/mol. The zero-order chi connectivity index (χ0) is 14.6. The minimum Gasteiger partial charge on any atom is -0.316 e. The maximum atomic E-state index is 3.77. The molecule has 0 aromatic carbocycles. The molecular weight excluding hydrogens is 244 g/mol. The smallest absolute Gasteiger partial charge is 0.0153 e. The lowest BCUT2D eigenvalue weighted by atomic mass is 9.73. The van der Waals surface area contributed by atoms with E-state index in [9.17, 15) is 0 Å². The van der Waals surface area contributed by atoms with Gasteiger partial charge in [0, 0.05) is 18.6 Å². The van der Waals surface area contributed by atoms with E-state index in [1.165, 1.54) is 71.1 Å². The molecule has 20 heavy (non-hydrogen) atoms. The number of hydrogen-bond donors (Lipinski definition) is 1. The summed E-state index contributed by atoms with van der Waals surface area (Å²) in [5, 5.41) is 3.77. The van der Waals surface area contributed by atoms with Crippen molar-refractivity contribution >= 4 is 0 Å². The van der Waals surface area contributed by atoms with E-state index in [4.69, 9.17) is 0 Å². The second kappa shape index (κ2) is 6.79. The maximum absolute atomic E-state index is 3.77. The average Bonchev–Trinajstić information content (AvgIpc) is 2.69. The van der Waals surface area contributed by atoms with E-state index in [0.29, 0.717) is 11.0 Å². The van der Waals surface area contributed by atoms with Gasteiger partial charge < -0.3 is 5.32 Å². The molecule has 2 fully saturated rings. The summed E-state index contributed by atoms with van der Waals surface area (Å²) in [6.45, 7) is 14.6. The summed E-state index contributed by atoms with van der Waals surface area (Å²) < 4.78 is 0. The second-order valence-electron chi connectivity index (χ2n) is 8.42. The highest BCUT2D eigenvalue weighted by molar-refractivity contribution is 4.95. The first-order valence-corrected chi connectivity index (χ1v) is 8.89. The summed E-state index contributed by atoms with van der Waals surface area (Å²) in [6.07, 6.45) is 9.98. The molecule has 1 aliphatic heterocycles. The fraction of sp³-hybridized carbons (Fsp3) is 1.00. The molecule has 2 rings (SSSR count). The first kappa shape index (κ1) is 16.3. The summed E-state index contributed by atoms with van der Waals surface area (Å²) in [5.41, 5.74) is 0.983. The van der Waals surface area contributed by atoms with Crippen LogP contribution in [0.5, 0.6) is 0 Å². The van der Waals surface area contributed by atoms with Crippen molar-refractivity contribution in [2.75, 3.05) is 26.2 Å². The Morgan fingerprint density at radius 3 is 2.25 bits per heavy atom. The molecule has 0 radical (unpaired) electrons. The van der Waals surface area contributed by atoms with Crippen LogP contribution in [0.2, 0.25) is 0 Å². The van der Waals surface area contributed by atoms with Crippen molar-refractivity contribution in [3.05, 3.63) is 0 Å². The Morgan fingerprint density at radius 2 is 1.70 bits per heavy atom. The van der Waals surface area contributed by atoms with E-state index >= 15 is 0 Å². The number of hydrogen-bond acceptors (Lipinski definition) is 2. The van der Waals surface area contributed by atoms with Crippen molar-refractivity contribution in [2.24, 2.45) is 11.3 Å². The molecular formula is C18H36N2. The van der Waals surface area contributed by atoms with Gasteiger partial charge in [-0.2, -0.15) is 0 Å². The van der Waals surface area contributed by atoms with Gasteiger partial charge in [-0.15, -0.1) is 0 Å². The SMILES string of the molecule is CC(C)CNCC1(CN2CCCC2(C)C)CCCCC1. The van der Waals surface area contributed by atoms with Gasteiger partial charge in [0.05, 0.1) is 0 Å². The first-order chi connectivity index (χ1) is 9.44. The Morgan fingerprint density at radius 1 is 1.00 bits per heavy atom. The van der Waals surface area contributed by atoms with Crippen LogP contribution in [0.3, 0.4) is 0 Å². The summed E-state index contributed by atoms with van der Waals surface area (Å²) in [7, 11) is 0. The van der Waals surface area contributed by atoms with Crippen LogP contribution in [0, 0.1) is 11.3 Å².